The van der Waals surface area contributed by atoms with Crippen LogP contribution < -0.4 is 5.32 Å². The van der Waals surface area contributed by atoms with Crippen molar-refractivity contribution in [2.45, 2.75) is 13.0 Å². The zero-order valence-corrected chi connectivity index (χ0v) is 7.23. The molecule has 0 aromatic carbocycles. The molecule has 0 spiro atoms. The molecule has 0 saturated carbocycles. The van der Waals surface area contributed by atoms with Gasteiger partial charge in [0.15, 0.2) is 0 Å². The summed E-state index contributed by atoms with van der Waals surface area (Å²) in [6, 6.07) is 2.11. The van der Waals surface area contributed by atoms with Crippen molar-refractivity contribution in [2.24, 2.45) is 0 Å². The quantitative estimate of drug-likeness (QED) is 0.653. The molecular weight excluding hydrogens is 158 g/mol. The van der Waals surface area contributed by atoms with E-state index in [1.807, 2.05) is 0 Å². The van der Waals surface area contributed by atoms with Gasteiger partial charge in [-0.1, -0.05) is 0 Å². The maximum Gasteiger partial charge on any atom is 0.0443 e. The molecule has 0 atom stereocenters. The number of aliphatic hydroxyl groups excluding tert-OH is 1. The van der Waals surface area contributed by atoms with Gasteiger partial charge in [0.25, 0.3) is 0 Å². The van der Waals surface area contributed by atoms with Crippen molar-refractivity contribution < 1.29 is 5.11 Å². The molecule has 0 bridgehead atoms. The lowest BCUT2D eigenvalue weighted by atomic mass is 10.3. The SMILES string of the molecule is OCCCNCc1ccsc1. The Bertz CT molecular complexity index is 174. The van der Waals surface area contributed by atoms with Crippen LogP contribution in [0.4, 0.5) is 0 Å². The molecule has 1 rings (SSSR count). The first kappa shape index (κ1) is 8.71. The molecule has 3 heteroatoms. The van der Waals surface area contributed by atoms with Crippen molar-refractivity contribution in [1.29, 1.82) is 0 Å². The number of rotatable bonds is 5. The highest BCUT2D eigenvalue weighted by Crippen LogP contribution is 2.04. The van der Waals surface area contributed by atoms with E-state index in [9.17, 15) is 0 Å². The van der Waals surface area contributed by atoms with Crippen molar-refractivity contribution >= 4 is 11.3 Å². The second kappa shape index (κ2) is 5.29. The van der Waals surface area contributed by atoms with Crippen LogP contribution >= 0.6 is 11.3 Å². The highest BCUT2D eigenvalue weighted by atomic mass is 32.1. The van der Waals surface area contributed by atoms with Gasteiger partial charge in [-0.05, 0) is 35.4 Å². The van der Waals surface area contributed by atoms with Crippen molar-refractivity contribution in [2.75, 3.05) is 13.2 Å². The summed E-state index contributed by atoms with van der Waals surface area (Å²) in [5, 5.41) is 15.9. The Hall–Kier alpha value is -0.380. The lowest BCUT2D eigenvalue weighted by molar-refractivity contribution is 0.286. The van der Waals surface area contributed by atoms with E-state index in [0.29, 0.717) is 0 Å². The zero-order chi connectivity index (χ0) is 7.94. The molecular formula is C8H13NOS. The highest BCUT2D eigenvalue weighted by Gasteiger charge is 1.90. The third-order valence-corrected chi connectivity index (χ3v) is 2.15. The van der Waals surface area contributed by atoms with Gasteiger partial charge in [0, 0.05) is 13.2 Å². The topological polar surface area (TPSA) is 32.3 Å². The Morgan fingerprint density at radius 3 is 3.09 bits per heavy atom. The fourth-order valence-electron chi connectivity index (χ4n) is 0.830. The molecule has 0 aliphatic heterocycles. The van der Waals surface area contributed by atoms with Crippen molar-refractivity contribution in [3.05, 3.63) is 22.4 Å². The van der Waals surface area contributed by atoms with Gasteiger partial charge < -0.3 is 10.4 Å². The fourth-order valence-corrected chi connectivity index (χ4v) is 1.50. The van der Waals surface area contributed by atoms with E-state index in [2.05, 4.69) is 22.1 Å². The van der Waals surface area contributed by atoms with Gasteiger partial charge in [-0.15, -0.1) is 0 Å². The summed E-state index contributed by atoms with van der Waals surface area (Å²) >= 11 is 1.71. The largest absolute Gasteiger partial charge is 0.396 e. The molecule has 1 heterocycles. The second-order valence-corrected chi connectivity index (χ2v) is 3.17. The maximum atomic E-state index is 8.49. The summed E-state index contributed by atoms with van der Waals surface area (Å²) in [5.74, 6) is 0. The van der Waals surface area contributed by atoms with Crippen LogP contribution in [-0.2, 0) is 6.54 Å². The molecule has 0 fully saturated rings. The average molecular weight is 171 g/mol. The molecule has 11 heavy (non-hydrogen) atoms. The minimum Gasteiger partial charge on any atom is -0.396 e. The molecule has 2 nitrogen and oxygen atoms in total. The molecule has 0 aliphatic rings. The predicted octanol–water partition coefficient (Wildman–Crippen LogP) is 1.22. The smallest absolute Gasteiger partial charge is 0.0443 e. The van der Waals surface area contributed by atoms with E-state index < -0.39 is 0 Å². The first-order chi connectivity index (χ1) is 5.43. The summed E-state index contributed by atoms with van der Waals surface area (Å²) in [6.07, 6.45) is 0.837. The van der Waals surface area contributed by atoms with Crippen LogP contribution in [0.15, 0.2) is 16.8 Å². The summed E-state index contributed by atoms with van der Waals surface area (Å²) in [6.45, 7) is 2.09. The van der Waals surface area contributed by atoms with Gasteiger partial charge in [-0.3, -0.25) is 0 Å². The van der Waals surface area contributed by atoms with Crippen LogP contribution in [0.2, 0.25) is 0 Å². The molecule has 0 saturated heterocycles. The Kier molecular flexibility index (Phi) is 4.19. The predicted molar refractivity (Wildman–Crippen MR) is 47.7 cm³/mol. The Morgan fingerprint density at radius 2 is 2.45 bits per heavy atom. The number of hydrogen-bond acceptors (Lipinski definition) is 3. The lowest BCUT2D eigenvalue weighted by Crippen LogP contribution is -2.15. The molecule has 0 aliphatic carbocycles. The van der Waals surface area contributed by atoms with E-state index >= 15 is 0 Å². The zero-order valence-electron chi connectivity index (χ0n) is 6.42. The normalized spacial score (nSPS) is 10.3. The molecule has 1 aromatic rings. The Balaban J connectivity index is 2.04. The summed E-state index contributed by atoms with van der Waals surface area (Å²) < 4.78 is 0. The Morgan fingerprint density at radius 1 is 1.55 bits per heavy atom. The van der Waals surface area contributed by atoms with Crippen LogP contribution in [0.25, 0.3) is 0 Å². The van der Waals surface area contributed by atoms with E-state index in [0.717, 1.165) is 19.5 Å². The third-order valence-electron chi connectivity index (χ3n) is 1.42. The Labute approximate surface area is 70.9 Å². The van der Waals surface area contributed by atoms with Crippen LogP contribution in [0.1, 0.15) is 12.0 Å². The number of thiophene rings is 1. The molecule has 2 N–H and O–H groups in total. The number of aliphatic hydroxyl groups is 1. The van der Waals surface area contributed by atoms with E-state index in [1.165, 1.54) is 5.56 Å². The lowest BCUT2D eigenvalue weighted by Gasteiger charge is -1.99. The summed E-state index contributed by atoms with van der Waals surface area (Å²) in [4.78, 5) is 0. The summed E-state index contributed by atoms with van der Waals surface area (Å²) in [5.41, 5.74) is 1.33. The number of nitrogens with one attached hydrogen (secondary N) is 1. The maximum absolute atomic E-state index is 8.49. The average Bonchev–Trinajstić information content (AvgIpc) is 2.50. The first-order valence-electron chi connectivity index (χ1n) is 3.76. The summed E-state index contributed by atoms with van der Waals surface area (Å²) in [7, 11) is 0. The van der Waals surface area contributed by atoms with Gasteiger partial charge >= 0.3 is 0 Å². The van der Waals surface area contributed by atoms with Gasteiger partial charge in [0.05, 0.1) is 0 Å². The van der Waals surface area contributed by atoms with Crippen molar-refractivity contribution in [3.63, 3.8) is 0 Å². The molecule has 0 unspecified atom stereocenters. The fraction of sp³-hybridized carbons (Fsp3) is 0.500. The van der Waals surface area contributed by atoms with Crippen LogP contribution in [-0.4, -0.2) is 18.3 Å². The van der Waals surface area contributed by atoms with Crippen LogP contribution in [0, 0.1) is 0 Å². The second-order valence-electron chi connectivity index (χ2n) is 2.39. The van der Waals surface area contributed by atoms with E-state index in [4.69, 9.17) is 5.11 Å². The monoisotopic (exact) mass is 171 g/mol. The number of hydrogen-bond donors (Lipinski definition) is 2. The van der Waals surface area contributed by atoms with Crippen LogP contribution in [0.3, 0.4) is 0 Å². The van der Waals surface area contributed by atoms with Gasteiger partial charge in [0.2, 0.25) is 0 Å². The third kappa shape index (κ3) is 3.51. The molecule has 0 amide bonds. The molecule has 1 aromatic heterocycles. The van der Waals surface area contributed by atoms with Crippen molar-refractivity contribution in [3.8, 4) is 0 Å². The minimum atomic E-state index is 0.274. The molecule has 62 valence electrons. The first-order valence-corrected chi connectivity index (χ1v) is 4.70. The van der Waals surface area contributed by atoms with E-state index in [-0.39, 0.29) is 6.61 Å². The highest BCUT2D eigenvalue weighted by molar-refractivity contribution is 7.07. The van der Waals surface area contributed by atoms with Crippen molar-refractivity contribution in [1.82, 2.24) is 5.32 Å². The minimum absolute atomic E-state index is 0.274. The van der Waals surface area contributed by atoms with Gasteiger partial charge in [0.1, 0.15) is 0 Å². The standard InChI is InChI=1S/C8H13NOS/c10-4-1-3-9-6-8-2-5-11-7-8/h2,5,7,9-10H,1,3-4,6H2. The van der Waals surface area contributed by atoms with Gasteiger partial charge in [-0.25, -0.2) is 0 Å². The molecule has 0 radical (unpaired) electrons. The van der Waals surface area contributed by atoms with Crippen LogP contribution in [0.5, 0.6) is 0 Å². The van der Waals surface area contributed by atoms with E-state index in [1.54, 1.807) is 11.3 Å². The van der Waals surface area contributed by atoms with Gasteiger partial charge in [-0.2, -0.15) is 11.3 Å².